The molecule has 33 heavy (non-hydrogen) atoms. The number of ether oxygens (including phenoxy) is 2. The number of nitrogens with one attached hydrogen (secondary N) is 1. The minimum absolute atomic E-state index is 0.00328. The zero-order valence-corrected chi connectivity index (χ0v) is 18.7. The summed E-state index contributed by atoms with van der Waals surface area (Å²) in [5, 5.41) is 16.3. The van der Waals surface area contributed by atoms with Crippen LogP contribution in [0.4, 0.5) is 10.5 Å². The van der Waals surface area contributed by atoms with Gasteiger partial charge in [0.25, 0.3) is 0 Å². The van der Waals surface area contributed by atoms with Crippen molar-refractivity contribution in [2.75, 3.05) is 25.6 Å². The third kappa shape index (κ3) is 4.31. The molecule has 9 heteroatoms. The molecule has 0 radical (unpaired) electrons. The summed E-state index contributed by atoms with van der Waals surface area (Å²) in [6.45, 7) is 3.57. The number of urea groups is 1. The number of amides is 2. The van der Waals surface area contributed by atoms with Gasteiger partial charge in [0.15, 0.2) is 5.65 Å². The highest BCUT2D eigenvalue weighted by molar-refractivity contribution is 5.91. The summed E-state index contributed by atoms with van der Waals surface area (Å²) in [6, 6.07) is 15.3. The van der Waals surface area contributed by atoms with Crippen molar-refractivity contribution in [2.24, 2.45) is 0 Å². The SMILES string of the molecule is COc1ccccc1NC(=O)N(Cc1cc2ccc(C)cc2n2nnnc12)CC1CCCO1. The van der Waals surface area contributed by atoms with E-state index in [2.05, 4.69) is 45.1 Å². The van der Waals surface area contributed by atoms with Crippen LogP contribution in [0.3, 0.4) is 0 Å². The van der Waals surface area contributed by atoms with Crippen molar-refractivity contribution in [3.05, 3.63) is 59.7 Å². The summed E-state index contributed by atoms with van der Waals surface area (Å²) in [7, 11) is 1.58. The van der Waals surface area contributed by atoms with E-state index in [1.165, 1.54) is 0 Å². The molecule has 170 valence electrons. The lowest BCUT2D eigenvalue weighted by molar-refractivity contribution is 0.0820. The molecule has 5 rings (SSSR count). The Kier molecular flexibility index (Phi) is 5.78. The quantitative estimate of drug-likeness (QED) is 0.484. The predicted molar refractivity (Wildman–Crippen MR) is 124 cm³/mol. The molecule has 1 aliphatic rings. The molecule has 3 heterocycles. The van der Waals surface area contributed by atoms with E-state index in [1.807, 2.05) is 31.2 Å². The molecule has 0 bridgehead atoms. The maximum absolute atomic E-state index is 13.4. The molecule has 0 saturated carbocycles. The highest BCUT2D eigenvalue weighted by Gasteiger charge is 2.25. The predicted octanol–water partition coefficient (Wildman–Crippen LogP) is 3.81. The van der Waals surface area contributed by atoms with Crippen LogP contribution in [0.2, 0.25) is 0 Å². The van der Waals surface area contributed by atoms with Gasteiger partial charge in [-0.3, -0.25) is 0 Å². The molecular weight excluding hydrogens is 420 g/mol. The molecule has 2 aromatic carbocycles. The topological polar surface area (TPSA) is 93.9 Å². The van der Waals surface area contributed by atoms with Gasteiger partial charge in [-0.25, -0.2) is 4.79 Å². The van der Waals surface area contributed by atoms with Gasteiger partial charge in [-0.05, 0) is 60.0 Å². The number of para-hydroxylation sites is 2. The van der Waals surface area contributed by atoms with Gasteiger partial charge in [0.2, 0.25) is 0 Å². The first kappa shape index (κ1) is 21.1. The number of hydrogen-bond acceptors (Lipinski definition) is 6. The molecule has 1 aliphatic heterocycles. The van der Waals surface area contributed by atoms with Crippen molar-refractivity contribution < 1.29 is 14.3 Å². The molecule has 1 saturated heterocycles. The minimum atomic E-state index is -0.232. The number of hydrogen-bond donors (Lipinski definition) is 1. The molecule has 1 unspecified atom stereocenters. The number of carbonyl (C=O) groups is 1. The summed E-state index contributed by atoms with van der Waals surface area (Å²) in [4.78, 5) is 15.2. The zero-order valence-electron chi connectivity index (χ0n) is 18.7. The van der Waals surface area contributed by atoms with Crippen LogP contribution in [0.15, 0.2) is 48.5 Å². The Labute approximate surface area is 191 Å². The normalized spacial score (nSPS) is 15.8. The van der Waals surface area contributed by atoms with Crippen LogP contribution in [0.25, 0.3) is 16.6 Å². The number of aryl methyl sites for hydroxylation is 1. The molecular formula is C24H26N6O3. The number of anilines is 1. The monoisotopic (exact) mass is 446 g/mol. The Hall–Kier alpha value is -3.72. The number of fused-ring (bicyclic) bond motifs is 3. The van der Waals surface area contributed by atoms with Crippen molar-refractivity contribution in [3.63, 3.8) is 0 Å². The second kappa shape index (κ2) is 9.03. The number of methoxy groups -OCH3 is 1. The number of aromatic nitrogens is 4. The van der Waals surface area contributed by atoms with Crippen LogP contribution >= 0.6 is 0 Å². The van der Waals surface area contributed by atoms with Gasteiger partial charge < -0.3 is 19.7 Å². The molecule has 2 amide bonds. The van der Waals surface area contributed by atoms with E-state index in [0.717, 1.165) is 41.5 Å². The third-order valence-corrected chi connectivity index (χ3v) is 5.95. The molecule has 1 fully saturated rings. The highest BCUT2D eigenvalue weighted by Crippen LogP contribution is 2.26. The van der Waals surface area contributed by atoms with Crippen LogP contribution in [-0.2, 0) is 11.3 Å². The van der Waals surface area contributed by atoms with Gasteiger partial charge in [0, 0.05) is 24.1 Å². The summed E-state index contributed by atoms with van der Waals surface area (Å²) >= 11 is 0. The van der Waals surface area contributed by atoms with Gasteiger partial charge >= 0.3 is 6.03 Å². The molecule has 4 aromatic rings. The fraction of sp³-hybridized carbons (Fsp3) is 0.333. The van der Waals surface area contributed by atoms with Crippen LogP contribution in [-0.4, -0.2) is 57.3 Å². The van der Waals surface area contributed by atoms with E-state index in [-0.39, 0.29) is 12.1 Å². The minimum Gasteiger partial charge on any atom is -0.495 e. The van der Waals surface area contributed by atoms with Crippen molar-refractivity contribution in [1.29, 1.82) is 0 Å². The first-order valence-electron chi connectivity index (χ1n) is 11.0. The smallest absolute Gasteiger partial charge is 0.322 e. The Balaban J connectivity index is 1.49. The number of pyridine rings is 1. The lowest BCUT2D eigenvalue weighted by Crippen LogP contribution is -2.39. The van der Waals surface area contributed by atoms with E-state index in [9.17, 15) is 4.79 Å². The number of benzene rings is 2. The van der Waals surface area contributed by atoms with Crippen LogP contribution in [0, 0.1) is 6.92 Å². The number of nitrogens with zero attached hydrogens (tertiary/aromatic N) is 5. The lowest BCUT2D eigenvalue weighted by atomic mass is 10.1. The van der Waals surface area contributed by atoms with Gasteiger partial charge in [0.05, 0.1) is 31.0 Å². The lowest BCUT2D eigenvalue weighted by Gasteiger charge is -2.26. The van der Waals surface area contributed by atoms with Crippen LogP contribution in [0.5, 0.6) is 5.75 Å². The van der Waals surface area contributed by atoms with Crippen LogP contribution in [0.1, 0.15) is 24.0 Å². The molecule has 0 aliphatic carbocycles. The maximum Gasteiger partial charge on any atom is 0.322 e. The maximum atomic E-state index is 13.4. The van der Waals surface area contributed by atoms with Gasteiger partial charge in [-0.2, -0.15) is 4.52 Å². The highest BCUT2D eigenvalue weighted by atomic mass is 16.5. The summed E-state index contributed by atoms with van der Waals surface area (Å²) in [5.41, 5.74) is 4.18. The van der Waals surface area contributed by atoms with Crippen molar-refractivity contribution in [2.45, 2.75) is 32.4 Å². The summed E-state index contributed by atoms with van der Waals surface area (Å²) in [6.07, 6.45) is 1.93. The van der Waals surface area contributed by atoms with E-state index in [0.29, 0.717) is 30.2 Å². The Morgan fingerprint density at radius 3 is 2.97 bits per heavy atom. The van der Waals surface area contributed by atoms with Crippen molar-refractivity contribution in [1.82, 2.24) is 24.9 Å². The van der Waals surface area contributed by atoms with Crippen molar-refractivity contribution >= 4 is 28.3 Å². The first-order valence-corrected chi connectivity index (χ1v) is 11.0. The van der Waals surface area contributed by atoms with Gasteiger partial charge in [-0.1, -0.05) is 24.3 Å². The van der Waals surface area contributed by atoms with Crippen molar-refractivity contribution in [3.8, 4) is 5.75 Å². The first-order chi connectivity index (χ1) is 16.1. The molecule has 1 atom stereocenters. The number of rotatable bonds is 6. The fourth-order valence-electron chi connectivity index (χ4n) is 4.28. The molecule has 1 N–H and O–H groups in total. The standard InChI is InChI=1S/C24H26N6O3/c1-16-9-10-17-13-18(23-26-27-28-30(23)21(17)12-16)14-29(15-19-6-5-11-33-19)24(31)25-20-7-3-4-8-22(20)32-2/h3-4,7-10,12-13,19H,5-6,11,14-15H2,1-2H3,(H,25,31). The second-order valence-corrected chi connectivity index (χ2v) is 8.29. The Morgan fingerprint density at radius 2 is 2.15 bits per heavy atom. The second-order valence-electron chi connectivity index (χ2n) is 8.29. The van der Waals surface area contributed by atoms with E-state index in [4.69, 9.17) is 9.47 Å². The van der Waals surface area contributed by atoms with E-state index in [1.54, 1.807) is 16.5 Å². The fourth-order valence-corrected chi connectivity index (χ4v) is 4.28. The van der Waals surface area contributed by atoms with Gasteiger partial charge in [-0.15, -0.1) is 5.10 Å². The number of tetrazole rings is 1. The Morgan fingerprint density at radius 1 is 1.27 bits per heavy atom. The van der Waals surface area contributed by atoms with Gasteiger partial charge in [0.1, 0.15) is 5.75 Å². The Bertz CT molecular complexity index is 1300. The number of carbonyl (C=O) groups excluding carboxylic acids is 1. The average molecular weight is 447 g/mol. The van der Waals surface area contributed by atoms with Crippen LogP contribution < -0.4 is 10.1 Å². The van der Waals surface area contributed by atoms with E-state index >= 15 is 0 Å². The molecule has 0 spiro atoms. The average Bonchev–Trinajstić information content (AvgIpc) is 3.52. The zero-order chi connectivity index (χ0) is 22.8. The summed E-state index contributed by atoms with van der Waals surface area (Å²) in [5.74, 6) is 0.605. The largest absolute Gasteiger partial charge is 0.495 e. The van der Waals surface area contributed by atoms with E-state index < -0.39 is 0 Å². The third-order valence-electron chi connectivity index (χ3n) is 5.95. The molecule has 2 aromatic heterocycles. The molecule has 9 nitrogen and oxygen atoms in total. The summed E-state index contributed by atoms with van der Waals surface area (Å²) < 4.78 is 13.0.